The molecule has 0 aliphatic rings. The highest BCUT2D eigenvalue weighted by molar-refractivity contribution is 7.06. The highest BCUT2D eigenvalue weighted by Gasteiger charge is 2.15. The van der Waals surface area contributed by atoms with E-state index >= 15 is 0 Å². The molecule has 20 heavy (non-hydrogen) atoms. The van der Waals surface area contributed by atoms with Gasteiger partial charge < -0.3 is 0 Å². The van der Waals surface area contributed by atoms with Crippen LogP contribution in [0, 0.1) is 6.92 Å². The molecule has 2 rings (SSSR count). The highest BCUT2D eigenvalue weighted by Crippen LogP contribution is 2.26. The van der Waals surface area contributed by atoms with E-state index in [9.17, 15) is 0 Å². The molecule has 3 nitrogen and oxygen atoms in total. The van der Waals surface area contributed by atoms with Crippen LogP contribution in [0.3, 0.4) is 0 Å². The Morgan fingerprint density at radius 2 is 1.65 bits per heavy atom. The summed E-state index contributed by atoms with van der Waals surface area (Å²) < 4.78 is 6.06. The van der Waals surface area contributed by atoms with Crippen molar-refractivity contribution in [3.05, 3.63) is 34.6 Å². The summed E-state index contributed by atoms with van der Waals surface area (Å²) in [5, 5.41) is 4.10. The normalized spacial score (nSPS) is 12.0. The fourth-order valence-corrected chi connectivity index (χ4v) is 2.32. The molecular weight excluding hydrogens is 266 g/mol. The Labute approximate surface area is 127 Å². The van der Waals surface area contributed by atoms with Gasteiger partial charge in [-0.1, -0.05) is 41.5 Å². The van der Waals surface area contributed by atoms with Crippen LogP contribution < -0.4 is 0 Å². The van der Waals surface area contributed by atoms with Gasteiger partial charge in [0.05, 0.1) is 11.9 Å². The van der Waals surface area contributed by atoms with Crippen molar-refractivity contribution in [2.24, 2.45) is 7.05 Å². The number of hydrogen-bond acceptors (Lipinski definition) is 3. The van der Waals surface area contributed by atoms with E-state index in [1.165, 1.54) is 10.4 Å². The summed E-state index contributed by atoms with van der Waals surface area (Å²) in [5.74, 6) is 0. The van der Waals surface area contributed by atoms with Crippen molar-refractivity contribution in [3.8, 4) is 0 Å². The third-order valence-electron chi connectivity index (χ3n) is 2.94. The molecule has 0 amide bonds. The van der Waals surface area contributed by atoms with E-state index < -0.39 is 0 Å². The molecule has 2 heterocycles. The monoisotopic (exact) mass is 293 g/mol. The fraction of sp³-hybridized carbons (Fsp3) is 0.625. The lowest BCUT2D eigenvalue weighted by molar-refractivity contribution is 0.589. The van der Waals surface area contributed by atoms with E-state index in [0.717, 1.165) is 5.69 Å². The number of aryl methyl sites for hydroxylation is 2. The molecule has 0 aliphatic carbocycles. The predicted molar refractivity (Wildman–Crippen MR) is 87.5 cm³/mol. The number of rotatable bonds is 0. The van der Waals surface area contributed by atoms with Crippen LogP contribution in [0.1, 0.15) is 57.7 Å². The zero-order valence-corrected chi connectivity index (χ0v) is 14.8. The largest absolute Gasteiger partial charge is 0.276 e. The molecule has 4 heteroatoms. The average Bonchev–Trinajstić information content (AvgIpc) is 2.85. The quantitative estimate of drug-likeness (QED) is 0.717. The molecule has 0 bridgehead atoms. The summed E-state index contributed by atoms with van der Waals surface area (Å²) in [6.07, 6.45) is 3.97. The van der Waals surface area contributed by atoms with Gasteiger partial charge in [0.25, 0.3) is 0 Å². The lowest BCUT2D eigenvalue weighted by Gasteiger charge is -2.14. The van der Waals surface area contributed by atoms with Crippen molar-refractivity contribution in [2.45, 2.75) is 59.3 Å². The van der Waals surface area contributed by atoms with Gasteiger partial charge in [-0.05, 0) is 40.9 Å². The van der Waals surface area contributed by atoms with Gasteiger partial charge in [0.15, 0.2) is 0 Å². The Bertz CT molecular complexity index is 488. The van der Waals surface area contributed by atoms with Crippen molar-refractivity contribution in [2.75, 3.05) is 0 Å². The second kappa shape index (κ2) is 6.08. The van der Waals surface area contributed by atoms with E-state index in [-0.39, 0.29) is 10.8 Å². The van der Waals surface area contributed by atoms with Crippen LogP contribution in [-0.2, 0) is 17.9 Å². The van der Waals surface area contributed by atoms with E-state index in [1.54, 1.807) is 11.5 Å². The number of hydrogen-bond donors (Lipinski definition) is 0. The van der Waals surface area contributed by atoms with Crippen LogP contribution in [-0.4, -0.2) is 14.2 Å². The molecule has 0 atom stereocenters. The maximum Gasteiger partial charge on any atom is 0.0526 e. The molecule has 0 spiro atoms. The Kier molecular flexibility index (Phi) is 5.14. The fourth-order valence-electron chi connectivity index (χ4n) is 1.53. The SMILES string of the molecule is Cc1cc(C(C)(C)C)sn1.Cn1cc(C(C)(C)C)cn1. The topological polar surface area (TPSA) is 30.7 Å². The molecule has 0 radical (unpaired) electrons. The maximum absolute atomic E-state index is 4.22. The second-order valence-electron chi connectivity index (χ2n) is 7.24. The Balaban J connectivity index is 0.000000200. The maximum atomic E-state index is 4.22. The highest BCUT2D eigenvalue weighted by atomic mass is 32.1. The Morgan fingerprint density at radius 1 is 1.05 bits per heavy atom. The summed E-state index contributed by atoms with van der Waals surface area (Å²) in [5.41, 5.74) is 2.92. The predicted octanol–water partition coefficient (Wildman–Crippen LogP) is 4.47. The van der Waals surface area contributed by atoms with Crippen molar-refractivity contribution >= 4 is 11.5 Å². The molecule has 0 saturated heterocycles. The standard InChI is InChI=1S/C8H14N2.C8H13NS/c1-8(2,3)7-5-9-10(4)6-7;1-6-5-7(10-9-6)8(2,3)4/h5-6H,1-4H3;5H,1-4H3. The second-order valence-corrected chi connectivity index (χ2v) is 8.04. The van der Waals surface area contributed by atoms with Crippen molar-refractivity contribution < 1.29 is 0 Å². The molecule has 0 aliphatic heterocycles. The van der Waals surface area contributed by atoms with Gasteiger partial charge in [0.2, 0.25) is 0 Å². The van der Waals surface area contributed by atoms with Crippen LogP contribution >= 0.6 is 11.5 Å². The van der Waals surface area contributed by atoms with E-state index in [4.69, 9.17) is 0 Å². The molecule has 0 aromatic carbocycles. The molecular formula is C16H27N3S. The van der Waals surface area contributed by atoms with Crippen LogP contribution in [0.15, 0.2) is 18.5 Å². The van der Waals surface area contributed by atoms with Gasteiger partial charge in [-0.2, -0.15) is 9.47 Å². The van der Waals surface area contributed by atoms with E-state index in [0.29, 0.717) is 0 Å². The third-order valence-corrected chi connectivity index (χ3v) is 4.24. The zero-order valence-electron chi connectivity index (χ0n) is 14.0. The molecule has 2 aromatic rings. The molecule has 0 unspecified atom stereocenters. The molecule has 112 valence electrons. The van der Waals surface area contributed by atoms with Gasteiger partial charge in [-0.25, -0.2) is 0 Å². The van der Waals surface area contributed by atoms with Crippen LogP contribution in [0.4, 0.5) is 0 Å². The third kappa shape index (κ3) is 5.08. The van der Waals surface area contributed by atoms with E-state index in [1.807, 2.05) is 24.9 Å². The molecule has 2 aromatic heterocycles. The first-order chi connectivity index (χ1) is 9.00. The minimum atomic E-state index is 0.230. The first kappa shape index (κ1) is 16.9. The van der Waals surface area contributed by atoms with Gasteiger partial charge in [0.1, 0.15) is 0 Å². The van der Waals surface area contributed by atoms with Crippen molar-refractivity contribution in [1.82, 2.24) is 14.2 Å². The smallest absolute Gasteiger partial charge is 0.0526 e. The van der Waals surface area contributed by atoms with E-state index in [2.05, 4.69) is 63.3 Å². The van der Waals surface area contributed by atoms with Crippen LogP contribution in [0.2, 0.25) is 0 Å². The van der Waals surface area contributed by atoms with Gasteiger partial charge >= 0.3 is 0 Å². The van der Waals surface area contributed by atoms with Gasteiger partial charge in [0, 0.05) is 18.1 Å². The van der Waals surface area contributed by atoms with Crippen molar-refractivity contribution in [1.29, 1.82) is 0 Å². The zero-order chi connectivity index (χ0) is 15.6. The van der Waals surface area contributed by atoms with Gasteiger partial charge in [-0.3, -0.25) is 4.68 Å². The lowest BCUT2D eigenvalue weighted by Crippen LogP contribution is -2.09. The Hall–Kier alpha value is -1.16. The summed E-state index contributed by atoms with van der Waals surface area (Å²) in [4.78, 5) is 1.37. The summed E-state index contributed by atoms with van der Waals surface area (Å²) in [6, 6.07) is 2.16. The van der Waals surface area contributed by atoms with Crippen molar-refractivity contribution in [3.63, 3.8) is 0 Å². The number of nitrogens with zero attached hydrogens (tertiary/aromatic N) is 3. The Morgan fingerprint density at radius 3 is 1.85 bits per heavy atom. The molecule has 0 saturated carbocycles. The minimum Gasteiger partial charge on any atom is -0.276 e. The number of aromatic nitrogens is 3. The minimum absolute atomic E-state index is 0.230. The summed E-state index contributed by atoms with van der Waals surface area (Å²) in [7, 11) is 1.94. The molecule has 0 N–H and O–H groups in total. The summed E-state index contributed by atoms with van der Waals surface area (Å²) in [6.45, 7) is 15.2. The van der Waals surface area contributed by atoms with Gasteiger partial charge in [-0.15, -0.1) is 0 Å². The lowest BCUT2D eigenvalue weighted by atomic mass is 9.90. The van der Waals surface area contributed by atoms with Crippen LogP contribution in [0.25, 0.3) is 0 Å². The molecule has 0 fully saturated rings. The van der Waals surface area contributed by atoms with Crippen LogP contribution in [0.5, 0.6) is 0 Å². The first-order valence-electron chi connectivity index (χ1n) is 6.93. The average molecular weight is 293 g/mol. The summed E-state index contributed by atoms with van der Waals surface area (Å²) >= 11 is 1.61. The first-order valence-corrected chi connectivity index (χ1v) is 7.70.